The predicted molar refractivity (Wildman–Crippen MR) is 72.0 cm³/mol. The van der Waals surface area contributed by atoms with E-state index in [1.165, 1.54) is 25.7 Å². The van der Waals surface area contributed by atoms with E-state index in [0.717, 1.165) is 28.8 Å². The molecule has 1 aromatic rings. The normalized spacial score (nSPS) is 18.8. The fraction of sp³-hybridized carbons (Fsp3) is 0.769. The minimum absolute atomic E-state index is 0.213. The van der Waals surface area contributed by atoms with Gasteiger partial charge < -0.3 is 5.11 Å². The van der Waals surface area contributed by atoms with Gasteiger partial charge in [-0.1, -0.05) is 12.8 Å². The van der Waals surface area contributed by atoms with Crippen molar-refractivity contribution < 1.29 is 5.11 Å². The first-order valence-corrected chi connectivity index (χ1v) is 7.32. The fourth-order valence-electron chi connectivity index (χ4n) is 2.77. The van der Waals surface area contributed by atoms with E-state index in [2.05, 4.69) is 28.0 Å². The van der Waals surface area contributed by atoms with E-state index in [-0.39, 0.29) is 6.10 Å². The van der Waals surface area contributed by atoms with Gasteiger partial charge in [-0.3, -0.25) is 4.68 Å². The van der Waals surface area contributed by atoms with E-state index in [1.807, 2.05) is 11.6 Å². The first-order chi connectivity index (χ1) is 8.13. The number of aryl methyl sites for hydroxylation is 2. The SMILES string of the molecule is CCn1nc(C)c(Br)c1CC(O)C1CCCC1. The van der Waals surface area contributed by atoms with Gasteiger partial charge in [0.05, 0.1) is 22.0 Å². The lowest BCUT2D eigenvalue weighted by Crippen LogP contribution is -2.22. The minimum Gasteiger partial charge on any atom is -0.392 e. The lowest BCUT2D eigenvalue weighted by atomic mass is 9.97. The predicted octanol–water partition coefficient (Wildman–Crippen LogP) is 3.07. The van der Waals surface area contributed by atoms with Gasteiger partial charge in [0, 0.05) is 13.0 Å². The van der Waals surface area contributed by atoms with Crippen LogP contribution in [0.4, 0.5) is 0 Å². The first-order valence-electron chi connectivity index (χ1n) is 6.53. The molecule has 1 fully saturated rings. The van der Waals surface area contributed by atoms with Gasteiger partial charge in [-0.25, -0.2) is 0 Å². The number of nitrogens with zero attached hydrogens (tertiary/aromatic N) is 2. The second-order valence-corrected chi connectivity index (χ2v) is 5.77. The highest BCUT2D eigenvalue weighted by molar-refractivity contribution is 9.10. The van der Waals surface area contributed by atoms with E-state index >= 15 is 0 Å². The number of rotatable bonds is 4. The van der Waals surface area contributed by atoms with Crippen molar-refractivity contribution in [1.82, 2.24) is 9.78 Å². The van der Waals surface area contributed by atoms with Gasteiger partial charge >= 0.3 is 0 Å². The Bertz CT molecular complexity index is 383. The third kappa shape index (κ3) is 2.74. The largest absolute Gasteiger partial charge is 0.392 e. The van der Waals surface area contributed by atoms with Gasteiger partial charge in [-0.15, -0.1) is 0 Å². The lowest BCUT2D eigenvalue weighted by molar-refractivity contribution is 0.108. The van der Waals surface area contributed by atoms with Crippen molar-refractivity contribution in [3.8, 4) is 0 Å². The Hall–Kier alpha value is -0.350. The molecule has 1 saturated carbocycles. The summed E-state index contributed by atoms with van der Waals surface area (Å²) in [6.07, 6.45) is 5.41. The highest BCUT2D eigenvalue weighted by atomic mass is 79.9. The van der Waals surface area contributed by atoms with Crippen LogP contribution in [0.25, 0.3) is 0 Å². The van der Waals surface area contributed by atoms with Crippen LogP contribution in [0.3, 0.4) is 0 Å². The standard InChI is InChI=1S/C13H21BrN2O/c1-3-16-11(13(14)9(2)15-16)8-12(17)10-6-4-5-7-10/h10,12,17H,3-8H2,1-2H3. The molecule has 0 spiro atoms. The van der Waals surface area contributed by atoms with Crippen LogP contribution >= 0.6 is 15.9 Å². The Balaban J connectivity index is 2.11. The molecule has 1 aromatic heterocycles. The van der Waals surface area contributed by atoms with Crippen LogP contribution in [0.15, 0.2) is 4.47 Å². The number of aromatic nitrogens is 2. The summed E-state index contributed by atoms with van der Waals surface area (Å²) in [4.78, 5) is 0. The molecule has 0 amide bonds. The van der Waals surface area contributed by atoms with E-state index in [4.69, 9.17) is 0 Å². The molecule has 1 aliphatic rings. The average molecular weight is 301 g/mol. The highest BCUT2D eigenvalue weighted by Crippen LogP contribution is 2.31. The van der Waals surface area contributed by atoms with Crippen LogP contribution in [0, 0.1) is 12.8 Å². The molecule has 0 radical (unpaired) electrons. The summed E-state index contributed by atoms with van der Waals surface area (Å²) < 4.78 is 3.06. The summed E-state index contributed by atoms with van der Waals surface area (Å²) in [7, 11) is 0. The zero-order chi connectivity index (χ0) is 12.4. The molecular formula is C13H21BrN2O. The van der Waals surface area contributed by atoms with Crippen molar-refractivity contribution in [2.75, 3.05) is 0 Å². The Morgan fingerprint density at radius 1 is 1.47 bits per heavy atom. The second-order valence-electron chi connectivity index (χ2n) is 4.98. The molecule has 0 aliphatic heterocycles. The summed E-state index contributed by atoms with van der Waals surface area (Å²) >= 11 is 3.58. The van der Waals surface area contributed by atoms with E-state index in [0.29, 0.717) is 5.92 Å². The van der Waals surface area contributed by atoms with Crippen LogP contribution in [0.1, 0.15) is 44.0 Å². The monoisotopic (exact) mass is 300 g/mol. The van der Waals surface area contributed by atoms with E-state index in [1.54, 1.807) is 0 Å². The molecule has 0 bridgehead atoms. The van der Waals surface area contributed by atoms with Gasteiger partial charge in [0.2, 0.25) is 0 Å². The summed E-state index contributed by atoms with van der Waals surface area (Å²) in [5, 5.41) is 14.8. The van der Waals surface area contributed by atoms with Crippen LogP contribution in [-0.4, -0.2) is 21.0 Å². The second kappa shape index (κ2) is 5.53. The Morgan fingerprint density at radius 3 is 2.71 bits per heavy atom. The van der Waals surface area contributed by atoms with E-state index in [9.17, 15) is 5.11 Å². The number of aliphatic hydroxyl groups is 1. The molecular weight excluding hydrogens is 280 g/mol. The fourth-order valence-corrected chi connectivity index (χ4v) is 3.22. The maximum atomic E-state index is 10.3. The maximum absolute atomic E-state index is 10.3. The van der Waals surface area contributed by atoms with Crippen molar-refractivity contribution in [1.29, 1.82) is 0 Å². The molecule has 1 heterocycles. The molecule has 17 heavy (non-hydrogen) atoms. The third-order valence-electron chi connectivity index (χ3n) is 3.80. The summed E-state index contributed by atoms with van der Waals surface area (Å²) in [6, 6.07) is 0. The number of halogens is 1. The highest BCUT2D eigenvalue weighted by Gasteiger charge is 2.25. The van der Waals surface area contributed by atoms with Crippen LogP contribution in [0.2, 0.25) is 0 Å². The maximum Gasteiger partial charge on any atom is 0.0738 e. The molecule has 1 N–H and O–H groups in total. The number of hydrogen-bond acceptors (Lipinski definition) is 2. The minimum atomic E-state index is -0.213. The smallest absolute Gasteiger partial charge is 0.0738 e. The Kier molecular flexibility index (Phi) is 4.26. The summed E-state index contributed by atoms with van der Waals surface area (Å²) in [6.45, 7) is 4.95. The lowest BCUT2D eigenvalue weighted by Gasteiger charge is -2.18. The zero-order valence-electron chi connectivity index (χ0n) is 10.6. The number of hydrogen-bond donors (Lipinski definition) is 1. The third-order valence-corrected chi connectivity index (χ3v) is 4.83. The van der Waals surface area contributed by atoms with Gasteiger partial charge in [-0.05, 0) is 48.5 Å². The van der Waals surface area contributed by atoms with Crippen LogP contribution < -0.4 is 0 Å². The number of aliphatic hydroxyl groups excluding tert-OH is 1. The van der Waals surface area contributed by atoms with Crippen molar-refractivity contribution in [2.45, 2.75) is 58.6 Å². The van der Waals surface area contributed by atoms with Crippen LogP contribution in [0.5, 0.6) is 0 Å². The van der Waals surface area contributed by atoms with Gasteiger partial charge in [0.25, 0.3) is 0 Å². The van der Waals surface area contributed by atoms with Gasteiger partial charge in [0.1, 0.15) is 0 Å². The average Bonchev–Trinajstić information content (AvgIpc) is 2.92. The first kappa shape index (κ1) is 13.1. The topological polar surface area (TPSA) is 38.0 Å². The Labute approximate surface area is 111 Å². The van der Waals surface area contributed by atoms with Crippen LogP contribution in [-0.2, 0) is 13.0 Å². The van der Waals surface area contributed by atoms with Gasteiger partial charge in [-0.2, -0.15) is 5.10 Å². The van der Waals surface area contributed by atoms with Crippen molar-refractivity contribution in [3.05, 3.63) is 15.9 Å². The molecule has 2 rings (SSSR count). The van der Waals surface area contributed by atoms with Crippen molar-refractivity contribution in [3.63, 3.8) is 0 Å². The van der Waals surface area contributed by atoms with Crippen molar-refractivity contribution >= 4 is 15.9 Å². The molecule has 1 aliphatic carbocycles. The molecule has 3 nitrogen and oxygen atoms in total. The summed E-state index contributed by atoms with van der Waals surface area (Å²) in [5.41, 5.74) is 2.16. The van der Waals surface area contributed by atoms with Crippen molar-refractivity contribution in [2.24, 2.45) is 5.92 Å². The Morgan fingerprint density at radius 2 is 2.12 bits per heavy atom. The molecule has 1 unspecified atom stereocenters. The van der Waals surface area contributed by atoms with Gasteiger partial charge in [0.15, 0.2) is 0 Å². The molecule has 0 aromatic carbocycles. The van der Waals surface area contributed by atoms with E-state index < -0.39 is 0 Å². The molecule has 4 heteroatoms. The molecule has 96 valence electrons. The molecule has 0 saturated heterocycles. The quantitative estimate of drug-likeness (QED) is 0.928. The zero-order valence-corrected chi connectivity index (χ0v) is 12.2. The summed E-state index contributed by atoms with van der Waals surface area (Å²) in [5.74, 6) is 0.488. The molecule has 1 atom stereocenters.